The van der Waals surface area contributed by atoms with Crippen LogP contribution in [0, 0.1) is 5.82 Å². The molecule has 6 heteroatoms. The molecule has 0 aliphatic carbocycles. The standard InChI is InChI=1S/C8H7F4NO/c9-6-2-1-5(14)3-7(6)13-4-8(10,11)12/h1-3,13-14H,4H2. The number of hydrogen-bond donors (Lipinski definition) is 2. The highest BCUT2D eigenvalue weighted by Gasteiger charge is 2.27. The van der Waals surface area contributed by atoms with Gasteiger partial charge in [-0.05, 0) is 12.1 Å². The average molecular weight is 209 g/mol. The van der Waals surface area contributed by atoms with Crippen molar-refractivity contribution in [2.24, 2.45) is 0 Å². The van der Waals surface area contributed by atoms with Crippen LogP contribution in [0.25, 0.3) is 0 Å². The van der Waals surface area contributed by atoms with E-state index in [0.717, 1.165) is 18.2 Å². The fourth-order valence-corrected chi connectivity index (χ4v) is 0.844. The molecule has 0 bridgehead atoms. The molecule has 2 N–H and O–H groups in total. The van der Waals surface area contributed by atoms with Gasteiger partial charge in [-0.2, -0.15) is 13.2 Å². The van der Waals surface area contributed by atoms with Crippen LogP contribution >= 0.6 is 0 Å². The lowest BCUT2D eigenvalue weighted by Gasteiger charge is -2.10. The van der Waals surface area contributed by atoms with Crippen LogP contribution in [0.1, 0.15) is 0 Å². The van der Waals surface area contributed by atoms with Crippen molar-refractivity contribution in [2.45, 2.75) is 6.18 Å². The Morgan fingerprint density at radius 2 is 1.93 bits per heavy atom. The van der Waals surface area contributed by atoms with Crippen LogP contribution in [-0.2, 0) is 0 Å². The third-order valence-corrected chi connectivity index (χ3v) is 1.43. The van der Waals surface area contributed by atoms with Crippen LogP contribution < -0.4 is 5.32 Å². The maximum atomic E-state index is 12.8. The summed E-state index contributed by atoms with van der Waals surface area (Å²) in [5, 5.41) is 10.7. The van der Waals surface area contributed by atoms with Gasteiger partial charge in [-0.25, -0.2) is 4.39 Å². The Bertz CT molecular complexity index is 324. The Morgan fingerprint density at radius 1 is 1.29 bits per heavy atom. The Kier molecular flexibility index (Phi) is 2.83. The molecule has 0 saturated heterocycles. The fourth-order valence-electron chi connectivity index (χ4n) is 0.844. The van der Waals surface area contributed by atoms with Gasteiger partial charge in [0.25, 0.3) is 0 Å². The SMILES string of the molecule is Oc1ccc(F)c(NCC(F)(F)F)c1. The molecule has 0 heterocycles. The zero-order valence-electron chi connectivity index (χ0n) is 6.90. The van der Waals surface area contributed by atoms with E-state index in [1.165, 1.54) is 0 Å². The van der Waals surface area contributed by atoms with Gasteiger partial charge in [0.2, 0.25) is 0 Å². The molecule has 0 saturated carbocycles. The molecule has 0 atom stereocenters. The molecular formula is C8H7F4NO. The molecular weight excluding hydrogens is 202 g/mol. The number of aromatic hydroxyl groups is 1. The van der Waals surface area contributed by atoms with Crippen molar-refractivity contribution in [3.63, 3.8) is 0 Å². The minimum absolute atomic E-state index is 0.295. The monoisotopic (exact) mass is 209 g/mol. The van der Waals surface area contributed by atoms with Crippen molar-refractivity contribution in [3.8, 4) is 5.75 Å². The lowest BCUT2D eigenvalue weighted by atomic mass is 10.3. The molecule has 0 spiro atoms. The number of alkyl halides is 3. The van der Waals surface area contributed by atoms with Crippen molar-refractivity contribution >= 4 is 5.69 Å². The van der Waals surface area contributed by atoms with Gasteiger partial charge in [0, 0.05) is 6.07 Å². The highest BCUT2D eigenvalue weighted by atomic mass is 19.4. The topological polar surface area (TPSA) is 32.3 Å². The smallest absolute Gasteiger partial charge is 0.405 e. The van der Waals surface area contributed by atoms with Crippen molar-refractivity contribution < 1.29 is 22.7 Å². The van der Waals surface area contributed by atoms with Crippen LogP contribution in [0.5, 0.6) is 5.75 Å². The van der Waals surface area contributed by atoms with Gasteiger partial charge in [0.1, 0.15) is 18.1 Å². The Labute approximate surface area is 77.2 Å². The summed E-state index contributed by atoms with van der Waals surface area (Å²) in [5.41, 5.74) is -0.373. The Morgan fingerprint density at radius 3 is 2.50 bits per heavy atom. The van der Waals surface area contributed by atoms with Gasteiger partial charge in [-0.3, -0.25) is 0 Å². The second-order valence-electron chi connectivity index (χ2n) is 2.63. The molecule has 14 heavy (non-hydrogen) atoms. The molecule has 0 amide bonds. The lowest BCUT2D eigenvalue weighted by Crippen LogP contribution is -2.21. The summed E-state index contributed by atoms with van der Waals surface area (Å²) in [6.07, 6.45) is -4.42. The van der Waals surface area contributed by atoms with Gasteiger partial charge in [-0.1, -0.05) is 0 Å². The normalized spacial score (nSPS) is 11.4. The number of phenolic OH excluding ortho intramolecular Hbond substituents is 1. The largest absolute Gasteiger partial charge is 0.508 e. The molecule has 0 fully saturated rings. The quantitative estimate of drug-likeness (QED) is 0.733. The van der Waals surface area contributed by atoms with Crippen LogP contribution in [0.15, 0.2) is 18.2 Å². The molecule has 0 radical (unpaired) electrons. The second-order valence-corrected chi connectivity index (χ2v) is 2.63. The highest BCUT2D eigenvalue weighted by Crippen LogP contribution is 2.22. The highest BCUT2D eigenvalue weighted by molar-refractivity contribution is 5.49. The first-order valence-corrected chi connectivity index (χ1v) is 3.67. The Balaban J connectivity index is 2.72. The number of rotatable bonds is 2. The maximum absolute atomic E-state index is 12.8. The van der Waals surface area contributed by atoms with E-state index in [-0.39, 0.29) is 11.4 Å². The summed E-state index contributed by atoms with van der Waals surface area (Å²) >= 11 is 0. The summed E-state index contributed by atoms with van der Waals surface area (Å²) in [4.78, 5) is 0. The summed E-state index contributed by atoms with van der Waals surface area (Å²) in [6, 6.07) is 2.82. The van der Waals surface area contributed by atoms with E-state index < -0.39 is 18.5 Å². The zero-order chi connectivity index (χ0) is 10.8. The summed E-state index contributed by atoms with van der Waals surface area (Å²) in [6.45, 7) is -1.34. The molecule has 78 valence electrons. The molecule has 0 aliphatic rings. The van der Waals surface area contributed by atoms with Crippen molar-refractivity contribution in [3.05, 3.63) is 24.0 Å². The molecule has 0 aliphatic heterocycles. The molecule has 1 aromatic rings. The van der Waals surface area contributed by atoms with Gasteiger partial charge in [0.05, 0.1) is 5.69 Å². The third-order valence-electron chi connectivity index (χ3n) is 1.43. The summed E-state index contributed by atoms with van der Waals surface area (Å²) in [7, 11) is 0. The van der Waals surface area contributed by atoms with Gasteiger partial charge >= 0.3 is 6.18 Å². The first-order chi connectivity index (χ1) is 6.38. The van der Waals surface area contributed by atoms with Crippen molar-refractivity contribution in [1.82, 2.24) is 0 Å². The lowest BCUT2D eigenvalue weighted by molar-refractivity contribution is -0.115. The van der Waals surface area contributed by atoms with Crippen molar-refractivity contribution in [2.75, 3.05) is 11.9 Å². The zero-order valence-corrected chi connectivity index (χ0v) is 6.90. The number of nitrogens with one attached hydrogen (secondary N) is 1. The van der Waals surface area contributed by atoms with Crippen molar-refractivity contribution in [1.29, 1.82) is 0 Å². The van der Waals surface area contributed by atoms with Gasteiger partial charge < -0.3 is 10.4 Å². The maximum Gasteiger partial charge on any atom is 0.405 e. The van der Waals surface area contributed by atoms with Crippen LogP contribution in [-0.4, -0.2) is 17.8 Å². The van der Waals surface area contributed by atoms with Gasteiger partial charge in [-0.15, -0.1) is 0 Å². The predicted molar refractivity (Wildman–Crippen MR) is 42.6 cm³/mol. The number of hydrogen-bond acceptors (Lipinski definition) is 2. The first-order valence-electron chi connectivity index (χ1n) is 3.67. The van der Waals surface area contributed by atoms with E-state index in [9.17, 15) is 17.6 Å². The Hall–Kier alpha value is -1.46. The molecule has 1 aromatic carbocycles. The minimum atomic E-state index is -4.42. The number of halogens is 4. The first kappa shape index (κ1) is 10.6. The van der Waals surface area contributed by atoms with Gasteiger partial charge in [0.15, 0.2) is 0 Å². The third kappa shape index (κ3) is 3.12. The molecule has 0 unspecified atom stereocenters. The average Bonchev–Trinajstić information content (AvgIpc) is 2.05. The minimum Gasteiger partial charge on any atom is -0.508 e. The number of anilines is 1. The van der Waals surface area contributed by atoms with E-state index >= 15 is 0 Å². The van der Waals surface area contributed by atoms with E-state index in [1.54, 1.807) is 0 Å². The second kappa shape index (κ2) is 3.73. The number of phenols is 1. The van der Waals surface area contributed by atoms with E-state index in [0.29, 0.717) is 0 Å². The molecule has 0 aromatic heterocycles. The summed E-state index contributed by atoms with van der Waals surface area (Å²) in [5.74, 6) is -1.14. The van der Waals surface area contributed by atoms with Crippen LogP contribution in [0.2, 0.25) is 0 Å². The van der Waals surface area contributed by atoms with Crippen LogP contribution in [0.4, 0.5) is 23.2 Å². The van der Waals surface area contributed by atoms with E-state index in [1.807, 2.05) is 5.32 Å². The van der Waals surface area contributed by atoms with Crippen LogP contribution in [0.3, 0.4) is 0 Å². The molecule has 2 nitrogen and oxygen atoms in total. The predicted octanol–water partition coefficient (Wildman–Crippen LogP) is 2.51. The van der Waals surface area contributed by atoms with E-state index in [2.05, 4.69) is 0 Å². The fraction of sp³-hybridized carbons (Fsp3) is 0.250. The summed E-state index contributed by atoms with van der Waals surface area (Å²) < 4.78 is 48.0. The van der Waals surface area contributed by atoms with E-state index in [4.69, 9.17) is 5.11 Å². The number of benzene rings is 1. The molecule has 1 rings (SSSR count).